The Morgan fingerprint density at radius 3 is 2.79 bits per heavy atom. The first-order valence-electron chi connectivity index (χ1n) is 6.57. The average Bonchev–Trinajstić information content (AvgIpc) is 2.43. The van der Waals surface area contributed by atoms with Crippen molar-refractivity contribution in [2.45, 2.75) is 26.2 Å². The molecule has 0 unspecified atom stereocenters. The van der Waals surface area contributed by atoms with Crippen molar-refractivity contribution in [3.8, 4) is 0 Å². The molecule has 6 nitrogen and oxygen atoms in total. The van der Waals surface area contributed by atoms with Gasteiger partial charge in [-0.15, -0.1) is 0 Å². The molecule has 0 fully saturated rings. The van der Waals surface area contributed by atoms with E-state index in [1.54, 1.807) is 6.07 Å². The first kappa shape index (κ1) is 16.0. The summed E-state index contributed by atoms with van der Waals surface area (Å²) in [5, 5.41) is 11.9. The van der Waals surface area contributed by atoms with Gasteiger partial charge in [0, 0.05) is 31.4 Å². The van der Waals surface area contributed by atoms with E-state index in [1.165, 1.54) is 0 Å². The third kappa shape index (κ3) is 6.60. The van der Waals surface area contributed by atoms with Crippen LogP contribution in [0.4, 0.5) is 11.6 Å². The van der Waals surface area contributed by atoms with Crippen LogP contribution < -0.4 is 16.6 Å². The minimum absolute atomic E-state index is 0.262. The summed E-state index contributed by atoms with van der Waals surface area (Å²) in [5.74, 6) is 9.60. The lowest BCUT2D eigenvalue weighted by atomic mass is 10.3. The van der Waals surface area contributed by atoms with Gasteiger partial charge in [-0.3, -0.25) is 0 Å². The summed E-state index contributed by atoms with van der Waals surface area (Å²) in [6, 6.07) is 1.80. The Morgan fingerprint density at radius 2 is 2.11 bits per heavy atom. The first-order valence-corrected chi connectivity index (χ1v) is 7.72. The molecule has 0 bridgehead atoms. The molecule has 1 rings (SSSR count). The van der Waals surface area contributed by atoms with E-state index >= 15 is 0 Å². The number of hydrogen-bond donors (Lipinski definition) is 4. The third-order valence-corrected chi connectivity index (χ3v) is 3.46. The number of aryl methyl sites for hydroxylation is 1. The fourth-order valence-corrected chi connectivity index (χ4v) is 2.30. The van der Waals surface area contributed by atoms with Gasteiger partial charge in [-0.05, 0) is 18.6 Å². The molecule has 0 spiro atoms. The van der Waals surface area contributed by atoms with Crippen molar-refractivity contribution in [3.05, 3.63) is 11.9 Å². The Hall–Kier alpha value is -1.05. The molecule has 0 saturated heterocycles. The lowest BCUT2D eigenvalue weighted by Crippen LogP contribution is -2.13. The Labute approximate surface area is 118 Å². The highest BCUT2D eigenvalue weighted by Gasteiger charge is 2.03. The van der Waals surface area contributed by atoms with Gasteiger partial charge >= 0.3 is 0 Å². The number of aliphatic hydroxyl groups is 1. The lowest BCUT2D eigenvalue weighted by molar-refractivity contribution is 0.296. The SMILES string of the molecule is CCCc1nc(NN)cc(NCCSCCCO)n1. The Kier molecular flexibility index (Phi) is 8.28. The van der Waals surface area contributed by atoms with E-state index in [0.29, 0.717) is 5.82 Å². The molecule has 1 aromatic heterocycles. The summed E-state index contributed by atoms with van der Waals surface area (Å²) in [7, 11) is 0. The number of aromatic nitrogens is 2. The van der Waals surface area contributed by atoms with Crippen LogP contribution in [0.15, 0.2) is 6.07 Å². The van der Waals surface area contributed by atoms with E-state index in [4.69, 9.17) is 10.9 Å². The topological polar surface area (TPSA) is 96.1 Å². The smallest absolute Gasteiger partial charge is 0.145 e. The number of aliphatic hydroxyl groups excluding tert-OH is 1. The quantitative estimate of drug-likeness (QED) is 0.292. The van der Waals surface area contributed by atoms with E-state index in [1.807, 2.05) is 11.8 Å². The molecule has 0 aliphatic heterocycles. The Balaban J connectivity index is 2.41. The molecule has 0 radical (unpaired) electrons. The molecule has 108 valence electrons. The molecule has 0 aliphatic carbocycles. The molecule has 5 N–H and O–H groups in total. The van der Waals surface area contributed by atoms with Crippen LogP contribution in [0.25, 0.3) is 0 Å². The maximum absolute atomic E-state index is 8.67. The maximum Gasteiger partial charge on any atom is 0.145 e. The lowest BCUT2D eigenvalue weighted by Gasteiger charge is -2.09. The second-order valence-electron chi connectivity index (χ2n) is 4.07. The summed E-state index contributed by atoms with van der Waals surface area (Å²) < 4.78 is 0. The Bertz CT molecular complexity index is 364. The maximum atomic E-state index is 8.67. The second-order valence-corrected chi connectivity index (χ2v) is 5.29. The van der Waals surface area contributed by atoms with Crippen LogP contribution in [0, 0.1) is 0 Å². The van der Waals surface area contributed by atoms with Crippen molar-refractivity contribution in [2.24, 2.45) is 5.84 Å². The number of thioether (sulfide) groups is 1. The van der Waals surface area contributed by atoms with Gasteiger partial charge in [0.2, 0.25) is 0 Å². The zero-order chi connectivity index (χ0) is 13.9. The molecule has 0 amide bonds. The number of rotatable bonds is 10. The minimum Gasteiger partial charge on any atom is -0.396 e. The molecule has 1 aromatic rings. The van der Waals surface area contributed by atoms with E-state index < -0.39 is 0 Å². The van der Waals surface area contributed by atoms with Crippen LogP contribution in [0.5, 0.6) is 0 Å². The van der Waals surface area contributed by atoms with Gasteiger partial charge < -0.3 is 15.8 Å². The molecular weight excluding hydrogens is 262 g/mol. The van der Waals surface area contributed by atoms with Crippen molar-refractivity contribution >= 4 is 23.4 Å². The number of anilines is 2. The van der Waals surface area contributed by atoms with Gasteiger partial charge in [-0.2, -0.15) is 11.8 Å². The fourth-order valence-electron chi connectivity index (χ4n) is 1.52. The summed E-state index contributed by atoms with van der Waals surface area (Å²) in [4.78, 5) is 8.73. The molecule has 19 heavy (non-hydrogen) atoms. The highest BCUT2D eigenvalue weighted by atomic mass is 32.2. The van der Waals surface area contributed by atoms with Gasteiger partial charge in [-0.1, -0.05) is 6.92 Å². The molecule has 7 heteroatoms. The molecule has 0 saturated carbocycles. The van der Waals surface area contributed by atoms with E-state index in [9.17, 15) is 0 Å². The van der Waals surface area contributed by atoms with E-state index in [-0.39, 0.29) is 6.61 Å². The van der Waals surface area contributed by atoms with Gasteiger partial charge in [0.1, 0.15) is 17.5 Å². The third-order valence-electron chi connectivity index (χ3n) is 2.39. The summed E-state index contributed by atoms with van der Waals surface area (Å²) in [6.07, 6.45) is 2.69. The molecular formula is C12H23N5OS. The fraction of sp³-hybridized carbons (Fsp3) is 0.667. The Morgan fingerprint density at radius 1 is 1.32 bits per heavy atom. The van der Waals surface area contributed by atoms with Gasteiger partial charge in [-0.25, -0.2) is 15.8 Å². The average molecular weight is 285 g/mol. The van der Waals surface area contributed by atoms with Crippen LogP contribution in [0.1, 0.15) is 25.6 Å². The monoisotopic (exact) mass is 285 g/mol. The number of hydrogen-bond acceptors (Lipinski definition) is 7. The van der Waals surface area contributed by atoms with Crippen molar-refractivity contribution in [1.82, 2.24) is 9.97 Å². The number of nitrogens with two attached hydrogens (primary N) is 1. The van der Waals surface area contributed by atoms with E-state index in [2.05, 4.69) is 27.6 Å². The van der Waals surface area contributed by atoms with Crippen molar-refractivity contribution in [3.63, 3.8) is 0 Å². The van der Waals surface area contributed by atoms with Gasteiger partial charge in [0.25, 0.3) is 0 Å². The number of nitrogens with zero attached hydrogens (tertiary/aromatic N) is 2. The van der Waals surface area contributed by atoms with Gasteiger partial charge in [0.05, 0.1) is 0 Å². The molecule has 0 aliphatic rings. The predicted molar refractivity (Wildman–Crippen MR) is 81.4 cm³/mol. The number of hydrazine groups is 1. The zero-order valence-corrected chi connectivity index (χ0v) is 12.2. The highest BCUT2D eigenvalue weighted by Crippen LogP contribution is 2.12. The van der Waals surface area contributed by atoms with Crippen LogP contribution in [0.2, 0.25) is 0 Å². The molecule has 1 heterocycles. The number of nitrogens with one attached hydrogen (secondary N) is 2. The zero-order valence-electron chi connectivity index (χ0n) is 11.4. The highest BCUT2D eigenvalue weighted by molar-refractivity contribution is 7.99. The molecule has 0 aromatic carbocycles. The minimum atomic E-state index is 0.262. The van der Waals surface area contributed by atoms with Crippen LogP contribution in [-0.2, 0) is 6.42 Å². The second kappa shape index (κ2) is 9.82. The van der Waals surface area contributed by atoms with Crippen LogP contribution in [0.3, 0.4) is 0 Å². The first-order chi connectivity index (χ1) is 9.30. The number of nitrogen functional groups attached to an aromatic ring is 1. The largest absolute Gasteiger partial charge is 0.396 e. The van der Waals surface area contributed by atoms with Gasteiger partial charge in [0.15, 0.2) is 0 Å². The summed E-state index contributed by atoms with van der Waals surface area (Å²) in [5.41, 5.74) is 2.56. The standard InChI is InChI=1S/C12H23N5OS/c1-2-4-10-15-11(9-12(16-10)17-13)14-5-8-19-7-3-6-18/h9,18H,2-8,13H2,1H3,(H2,14,15,16,17). The summed E-state index contributed by atoms with van der Waals surface area (Å²) in [6.45, 7) is 3.19. The normalized spacial score (nSPS) is 10.5. The van der Waals surface area contributed by atoms with E-state index in [0.717, 1.165) is 49.0 Å². The van der Waals surface area contributed by atoms with Crippen LogP contribution in [-0.4, -0.2) is 39.7 Å². The van der Waals surface area contributed by atoms with Crippen molar-refractivity contribution in [1.29, 1.82) is 0 Å². The predicted octanol–water partition coefficient (Wildman–Crippen LogP) is 1.24. The van der Waals surface area contributed by atoms with Crippen LogP contribution >= 0.6 is 11.8 Å². The van der Waals surface area contributed by atoms with Crippen molar-refractivity contribution < 1.29 is 5.11 Å². The molecule has 0 atom stereocenters. The van der Waals surface area contributed by atoms with Crippen molar-refractivity contribution in [2.75, 3.05) is 35.4 Å². The summed E-state index contributed by atoms with van der Waals surface area (Å²) >= 11 is 1.82.